The van der Waals surface area contributed by atoms with Crippen molar-refractivity contribution in [3.05, 3.63) is 105 Å². The molecule has 3 aromatic carbocycles. The molecule has 2 heterocycles. The summed E-state index contributed by atoms with van der Waals surface area (Å²) in [5.41, 5.74) is 5.04. The summed E-state index contributed by atoms with van der Waals surface area (Å²) in [4.78, 5) is 15.7. The van der Waals surface area contributed by atoms with Gasteiger partial charge < -0.3 is 0 Å². The number of para-hydroxylation sites is 1. The van der Waals surface area contributed by atoms with E-state index < -0.39 is 0 Å². The van der Waals surface area contributed by atoms with E-state index in [9.17, 15) is 9.18 Å². The molecular weight excluding hydrogens is 494 g/mol. The Kier molecular flexibility index (Phi) is 6.54. The second-order valence-electron chi connectivity index (χ2n) is 10.1. The van der Waals surface area contributed by atoms with Crippen molar-refractivity contribution >= 4 is 39.7 Å². The number of nitrogens with zero attached hydrogens (tertiary/aromatic N) is 2. The van der Waals surface area contributed by atoms with Crippen molar-refractivity contribution in [2.75, 3.05) is 13.1 Å². The van der Waals surface area contributed by atoms with Crippen molar-refractivity contribution in [3.63, 3.8) is 0 Å². The van der Waals surface area contributed by atoms with Crippen LogP contribution >= 0.6 is 23.2 Å². The van der Waals surface area contributed by atoms with Crippen molar-refractivity contribution in [1.82, 2.24) is 9.47 Å². The summed E-state index contributed by atoms with van der Waals surface area (Å²) >= 11 is 13.1. The Labute approximate surface area is 220 Å². The fourth-order valence-electron chi connectivity index (χ4n) is 4.87. The molecule has 0 saturated carbocycles. The van der Waals surface area contributed by atoms with Gasteiger partial charge in [0, 0.05) is 30.1 Å². The average Bonchev–Trinajstić information content (AvgIpc) is 2.84. The third-order valence-electron chi connectivity index (χ3n) is 6.86. The quantitative estimate of drug-likeness (QED) is 0.273. The van der Waals surface area contributed by atoms with Crippen LogP contribution in [0, 0.1) is 5.82 Å². The van der Waals surface area contributed by atoms with Crippen LogP contribution in [0.3, 0.4) is 0 Å². The standard InChI is InChI=1S/C30H27Cl2FN2O/c1-30(2,3)34-15-13-19(14-16-34)21-17-24(20-7-9-22(33)10-8-20)23-11-12-28(36)35(27(23)18-21)29-25(31)5-4-6-26(29)32/h4-13,17-18H,14-16H2,1-3H3. The summed E-state index contributed by atoms with van der Waals surface area (Å²) in [5, 5.41) is 1.64. The van der Waals surface area contributed by atoms with E-state index in [1.54, 1.807) is 34.9 Å². The molecule has 4 aromatic rings. The van der Waals surface area contributed by atoms with Gasteiger partial charge in [-0.05, 0) is 91.9 Å². The van der Waals surface area contributed by atoms with Crippen LogP contribution in [-0.2, 0) is 0 Å². The van der Waals surface area contributed by atoms with E-state index >= 15 is 0 Å². The number of pyridine rings is 1. The first-order chi connectivity index (χ1) is 17.1. The maximum atomic E-state index is 13.8. The first kappa shape index (κ1) is 24.8. The topological polar surface area (TPSA) is 25.2 Å². The molecule has 0 radical (unpaired) electrons. The number of hydrogen-bond acceptors (Lipinski definition) is 2. The summed E-state index contributed by atoms with van der Waals surface area (Å²) in [6.45, 7) is 8.46. The molecular formula is C30H27Cl2FN2O. The Morgan fingerprint density at radius 3 is 2.19 bits per heavy atom. The van der Waals surface area contributed by atoms with Gasteiger partial charge in [-0.3, -0.25) is 14.3 Å². The average molecular weight is 521 g/mol. The number of halogens is 3. The van der Waals surface area contributed by atoms with Gasteiger partial charge >= 0.3 is 0 Å². The third kappa shape index (κ3) is 4.61. The van der Waals surface area contributed by atoms with Crippen LogP contribution in [0.5, 0.6) is 0 Å². The van der Waals surface area contributed by atoms with Gasteiger partial charge in [-0.2, -0.15) is 0 Å². The lowest BCUT2D eigenvalue weighted by Crippen LogP contribution is -2.43. The second-order valence-corrected chi connectivity index (χ2v) is 11.0. The highest BCUT2D eigenvalue weighted by Gasteiger charge is 2.24. The normalized spacial score (nSPS) is 14.8. The van der Waals surface area contributed by atoms with Crippen LogP contribution in [-0.4, -0.2) is 28.1 Å². The molecule has 6 heteroatoms. The molecule has 0 N–H and O–H groups in total. The van der Waals surface area contributed by atoms with Gasteiger partial charge in [-0.25, -0.2) is 4.39 Å². The van der Waals surface area contributed by atoms with Crippen LogP contribution < -0.4 is 5.56 Å². The molecule has 0 amide bonds. The fourth-order valence-corrected chi connectivity index (χ4v) is 5.44. The molecule has 1 aromatic heterocycles. The molecule has 1 aliphatic rings. The van der Waals surface area contributed by atoms with Gasteiger partial charge in [0.25, 0.3) is 5.56 Å². The zero-order valence-electron chi connectivity index (χ0n) is 20.5. The molecule has 3 nitrogen and oxygen atoms in total. The fraction of sp³-hybridized carbons (Fsp3) is 0.233. The summed E-state index contributed by atoms with van der Waals surface area (Å²) in [6.07, 6.45) is 3.15. The van der Waals surface area contributed by atoms with Gasteiger partial charge in [0.1, 0.15) is 5.82 Å². The van der Waals surface area contributed by atoms with E-state index in [1.165, 1.54) is 23.8 Å². The summed E-state index contributed by atoms with van der Waals surface area (Å²) in [7, 11) is 0. The molecule has 1 aliphatic heterocycles. The largest absolute Gasteiger partial charge is 0.294 e. The van der Waals surface area contributed by atoms with Crippen molar-refractivity contribution in [2.24, 2.45) is 0 Å². The first-order valence-corrected chi connectivity index (χ1v) is 12.7. The summed E-state index contributed by atoms with van der Waals surface area (Å²) < 4.78 is 15.3. The second kappa shape index (κ2) is 9.51. The summed E-state index contributed by atoms with van der Waals surface area (Å²) in [5.74, 6) is -0.295. The first-order valence-electron chi connectivity index (χ1n) is 12.0. The highest BCUT2D eigenvalue weighted by atomic mass is 35.5. The van der Waals surface area contributed by atoms with E-state index in [0.717, 1.165) is 41.6 Å². The molecule has 0 spiro atoms. The van der Waals surface area contributed by atoms with E-state index in [1.807, 2.05) is 12.1 Å². The van der Waals surface area contributed by atoms with E-state index in [2.05, 4.69) is 37.8 Å². The van der Waals surface area contributed by atoms with E-state index in [-0.39, 0.29) is 16.9 Å². The van der Waals surface area contributed by atoms with Crippen molar-refractivity contribution < 1.29 is 4.39 Å². The lowest BCUT2D eigenvalue weighted by molar-refractivity contribution is 0.153. The highest BCUT2D eigenvalue weighted by molar-refractivity contribution is 6.37. The van der Waals surface area contributed by atoms with Gasteiger partial charge in [0.15, 0.2) is 0 Å². The van der Waals surface area contributed by atoms with Crippen LogP contribution in [0.25, 0.3) is 33.3 Å². The number of rotatable bonds is 3. The third-order valence-corrected chi connectivity index (χ3v) is 7.47. The number of benzene rings is 3. The van der Waals surface area contributed by atoms with Crippen molar-refractivity contribution in [3.8, 4) is 16.8 Å². The minimum atomic E-state index is -0.295. The Morgan fingerprint density at radius 1 is 0.889 bits per heavy atom. The van der Waals surface area contributed by atoms with Crippen molar-refractivity contribution in [2.45, 2.75) is 32.7 Å². The SMILES string of the molecule is CC(C)(C)N1CC=C(c2cc(-c3ccc(F)cc3)c3ccc(=O)n(-c4c(Cl)cccc4Cl)c3c2)CC1. The molecule has 0 aliphatic carbocycles. The number of fused-ring (bicyclic) bond motifs is 1. The molecule has 5 rings (SSSR count). The van der Waals surface area contributed by atoms with Crippen LogP contribution in [0.1, 0.15) is 32.8 Å². The number of aromatic nitrogens is 1. The van der Waals surface area contributed by atoms with Gasteiger partial charge in [0.05, 0.1) is 21.2 Å². The molecule has 0 unspecified atom stereocenters. The van der Waals surface area contributed by atoms with E-state index in [0.29, 0.717) is 21.2 Å². The zero-order chi connectivity index (χ0) is 25.6. The Bertz CT molecular complexity index is 1530. The maximum Gasteiger partial charge on any atom is 0.255 e. The van der Waals surface area contributed by atoms with Gasteiger partial charge in [-0.1, -0.05) is 47.5 Å². The molecule has 0 fully saturated rings. The molecule has 184 valence electrons. The lowest BCUT2D eigenvalue weighted by Gasteiger charge is -2.37. The highest BCUT2D eigenvalue weighted by Crippen LogP contribution is 2.37. The molecule has 0 atom stereocenters. The summed E-state index contributed by atoms with van der Waals surface area (Å²) in [6, 6.07) is 19.2. The van der Waals surface area contributed by atoms with Crippen molar-refractivity contribution in [1.29, 1.82) is 0 Å². The van der Waals surface area contributed by atoms with Crippen LogP contribution in [0.2, 0.25) is 10.0 Å². The predicted molar refractivity (Wildman–Crippen MR) is 149 cm³/mol. The molecule has 0 bridgehead atoms. The van der Waals surface area contributed by atoms with Gasteiger partial charge in [-0.15, -0.1) is 0 Å². The van der Waals surface area contributed by atoms with Crippen LogP contribution in [0.4, 0.5) is 4.39 Å². The predicted octanol–water partition coefficient (Wildman–Crippen LogP) is 7.99. The van der Waals surface area contributed by atoms with Gasteiger partial charge in [0.2, 0.25) is 0 Å². The Hall–Kier alpha value is -2.92. The van der Waals surface area contributed by atoms with E-state index in [4.69, 9.17) is 23.2 Å². The Balaban J connectivity index is 1.79. The van der Waals surface area contributed by atoms with Crippen LogP contribution in [0.15, 0.2) is 77.6 Å². The molecule has 36 heavy (non-hydrogen) atoms. The molecule has 0 saturated heterocycles. The lowest BCUT2D eigenvalue weighted by atomic mass is 9.91. The monoisotopic (exact) mass is 520 g/mol. The number of hydrogen-bond donors (Lipinski definition) is 0. The minimum absolute atomic E-state index is 0.0893. The maximum absolute atomic E-state index is 13.8. The minimum Gasteiger partial charge on any atom is -0.294 e. The smallest absolute Gasteiger partial charge is 0.255 e. The Morgan fingerprint density at radius 2 is 1.58 bits per heavy atom. The zero-order valence-corrected chi connectivity index (χ0v) is 22.0.